The van der Waals surface area contributed by atoms with Gasteiger partial charge in [-0.25, -0.2) is 0 Å². The molecule has 0 atom stereocenters. The lowest BCUT2D eigenvalue weighted by atomic mass is 10.3. The van der Waals surface area contributed by atoms with Gasteiger partial charge in [0.1, 0.15) is 0 Å². The highest BCUT2D eigenvalue weighted by atomic mass is 32.2. The van der Waals surface area contributed by atoms with Gasteiger partial charge < -0.3 is 5.32 Å². The van der Waals surface area contributed by atoms with Gasteiger partial charge in [0, 0.05) is 12.3 Å². The third-order valence-corrected chi connectivity index (χ3v) is 3.67. The lowest BCUT2D eigenvalue weighted by Crippen LogP contribution is -2.26. The molecule has 0 aromatic carbocycles. The van der Waals surface area contributed by atoms with Crippen LogP contribution in [-0.2, 0) is 10.5 Å². The van der Waals surface area contributed by atoms with Crippen LogP contribution in [0.25, 0.3) is 0 Å². The van der Waals surface area contributed by atoms with Crippen LogP contribution in [0.2, 0.25) is 0 Å². The molecule has 1 rings (SSSR count). The van der Waals surface area contributed by atoms with Crippen LogP contribution in [0.5, 0.6) is 0 Å². The molecule has 0 aliphatic rings. The number of rotatable bonds is 7. The maximum Gasteiger partial charge on any atom is 0.230 e. The fourth-order valence-corrected chi connectivity index (χ4v) is 2.58. The SMILES string of the molecule is CCCCNC(=O)CSCc1nsnc1C. The van der Waals surface area contributed by atoms with Crippen molar-refractivity contribution in [2.75, 3.05) is 12.3 Å². The summed E-state index contributed by atoms with van der Waals surface area (Å²) in [5.74, 6) is 1.38. The van der Waals surface area contributed by atoms with Crippen LogP contribution in [0, 0.1) is 6.92 Å². The Kier molecular flexibility index (Phi) is 6.40. The van der Waals surface area contributed by atoms with Gasteiger partial charge in [-0.3, -0.25) is 4.79 Å². The van der Waals surface area contributed by atoms with E-state index in [1.807, 2.05) is 6.92 Å². The first-order chi connectivity index (χ1) is 7.74. The third kappa shape index (κ3) is 4.94. The maximum atomic E-state index is 11.4. The molecule has 1 amide bonds. The topological polar surface area (TPSA) is 54.9 Å². The molecule has 1 N–H and O–H groups in total. The zero-order chi connectivity index (χ0) is 11.8. The Morgan fingerprint density at radius 3 is 2.94 bits per heavy atom. The average Bonchev–Trinajstić information content (AvgIpc) is 2.65. The molecule has 0 saturated carbocycles. The quantitative estimate of drug-likeness (QED) is 0.761. The number of carbonyl (C=O) groups excluding carboxylic acids is 1. The first-order valence-electron chi connectivity index (χ1n) is 5.36. The molecule has 0 saturated heterocycles. The number of nitrogens with one attached hydrogen (secondary N) is 1. The molecule has 90 valence electrons. The standard InChI is InChI=1S/C10H17N3OS2/c1-3-4-5-11-10(14)7-15-6-9-8(2)12-16-13-9/h3-7H2,1-2H3,(H,11,14). The zero-order valence-electron chi connectivity index (χ0n) is 9.65. The predicted molar refractivity (Wildman–Crippen MR) is 68.7 cm³/mol. The highest BCUT2D eigenvalue weighted by Crippen LogP contribution is 2.13. The highest BCUT2D eigenvalue weighted by molar-refractivity contribution is 7.99. The van der Waals surface area contributed by atoms with E-state index in [1.54, 1.807) is 11.8 Å². The molecule has 16 heavy (non-hydrogen) atoms. The summed E-state index contributed by atoms with van der Waals surface area (Å²) < 4.78 is 8.26. The van der Waals surface area contributed by atoms with Crippen LogP contribution in [0.4, 0.5) is 0 Å². The smallest absolute Gasteiger partial charge is 0.230 e. The van der Waals surface area contributed by atoms with Gasteiger partial charge in [0.2, 0.25) is 5.91 Å². The molecule has 4 nitrogen and oxygen atoms in total. The Morgan fingerprint density at radius 2 is 2.31 bits per heavy atom. The number of nitrogens with zero attached hydrogens (tertiary/aromatic N) is 2. The summed E-state index contributed by atoms with van der Waals surface area (Å²) in [5, 5.41) is 2.89. The summed E-state index contributed by atoms with van der Waals surface area (Å²) in [4.78, 5) is 11.4. The molecule has 1 heterocycles. The van der Waals surface area contributed by atoms with E-state index in [9.17, 15) is 4.79 Å². The Bertz CT molecular complexity index is 328. The molecule has 0 radical (unpaired) electrons. The summed E-state index contributed by atoms with van der Waals surface area (Å²) in [6.07, 6.45) is 2.16. The van der Waals surface area contributed by atoms with Crippen molar-refractivity contribution in [3.8, 4) is 0 Å². The molecular formula is C10H17N3OS2. The number of carbonyl (C=O) groups is 1. The monoisotopic (exact) mass is 259 g/mol. The van der Waals surface area contributed by atoms with Gasteiger partial charge in [0.15, 0.2) is 0 Å². The molecule has 1 aromatic heterocycles. The minimum atomic E-state index is 0.110. The molecule has 0 fully saturated rings. The third-order valence-electron chi connectivity index (χ3n) is 2.07. The second kappa shape index (κ2) is 7.62. The van der Waals surface area contributed by atoms with Gasteiger partial charge in [0.05, 0.1) is 28.9 Å². The van der Waals surface area contributed by atoms with Crippen molar-refractivity contribution in [2.45, 2.75) is 32.4 Å². The fourth-order valence-electron chi connectivity index (χ4n) is 1.08. The van der Waals surface area contributed by atoms with Crippen LogP contribution in [0.15, 0.2) is 0 Å². The van der Waals surface area contributed by atoms with E-state index in [2.05, 4.69) is 21.0 Å². The van der Waals surface area contributed by atoms with Gasteiger partial charge in [0.25, 0.3) is 0 Å². The van der Waals surface area contributed by atoms with Gasteiger partial charge >= 0.3 is 0 Å². The van der Waals surface area contributed by atoms with Gasteiger partial charge in [-0.15, -0.1) is 11.8 Å². The zero-order valence-corrected chi connectivity index (χ0v) is 11.3. The Balaban J connectivity index is 2.11. The van der Waals surface area contributed by atoms with E-state index in [0.29, 0.717) is 5.75 Å². The summed E-state index contributed by atoms with van der Waals surface area (Å²) >= 11 is 2.81. The number of amides is 1. The summed E-state index contributed by atoms with van der Waals surface area (Å²) in [7, 11) is 0. The molecule has 0 spiro atoms. The average molecular weight is 259 g/mol. The first-order valence-corrected chi connectivity index (χ1v) is 7.25. The van der Waals surface area contributed by atoms with Crippen molar-refractivity contribution in [2.24, 2.45) is 0 Å². The van der Waals surface area contributed by atoms with E-state index >= 15 is 0 Å². The normalized spacial score (nSPS) is 10.4. The molecular weight excluding hydrogens is 242 g/mol. The van der Waals surface area contributed by atoms with Gasteiger partial charge in [-0.2, -0.15) is 8.75 Å². The number of aryl methyl sites for hydroxylation is 1. The van der Waals surface area contributed by atoms with Crippen molar-refractivity contribution >= 4 is 29.4 Å². The van der Waals surface area contributed by atoms with Crippen LogP contribution in [0.3, 0.4) is 0 Å². The molecule has 6 heteroatoms. The molecule has 1 aromatic rings. The van der Waals surface area contributed by atoms with E-state index in [1.165, 1.54) is 11.7 Å². The first kappa shape index (κ1) is 13.4. The maximum absolute atomic E-state index is 11.4. The van der Waals surface area contributed by atoms with Crippen molar-refractivity contribution in [1.82, 2.24) is 14.1 Å². The molecule has 0 aliphatic carbocycles. The minimum absolute atomic E-state index is 0.110. The van der Waals surface area contributed by atoms with E-state index < -0.39 is 0 Å². The lowest BCUT2D eigenvalue weighted by Gasteiger charge is -2.03. The van der Waals surface area contributed by atoms with Crippen molar-refractivity contribution in [3.05, 3.63) is 11.4 Å². The lowest BCUT2D eigenvalue weighted by molar-refractivity contribution is -0.118. The van der Waals surface area contributed by atoms with E-state index in [-0.39, 0.29) is 5.91 Å². The van der Waals surface area contributed by atoms with Crippen LogP contribution in [0.1, 0.15) is 31.2 Å². The second-order valence-electron chi connectivity index (χ2n) is 3.49. The molecule has 0 bridgehead atoms. The summed E-state index contributed by atoms with van der Waals surface area (Å²) in [6.45, 7) is 4.84. The van der Waals surface area contributed by atoms with Crippen LogP contribution < -0.4 is 5.32 Å². The van der Waals surface area contributed by atoms with E-state index in [0.717, 1.165) is 36.5 Å². The minimum Gasteiger partial charge on any atom is -0.355 e. The van der Waals surface area contributed by atoms with Gasteiger partial charge in [-0.1, -0.05) is 13.3 Å². The molecule has 0 unspecified atom stereocenters. The Morgan fingerprint density at radius 1 is 1.50 bits per heavy atom. The van der Waals surface area contributed by atoms with Gasteiger partial charge in [-0.05, 0) is 13.3 Å². The Hall–Kier alpha value is -0.620. The van der Waals surface area contributed by atoms with E-state index in [4.69, 9.17) is 0 Å². The van der Waals surface area contributed by atoms with Crippen LogP contribution in [-0.4, -0.2) is 27.0 Å². The summed E-state index contributed by atoms with van der Waals surface area (Å²) in [6, 6.07) is 0. The van der Waals surface area contributed by atoms with Crippen LogP contribution >= 0.6 is 23.5 Å². The largest absolute Gasteiger partial charge is 0.355 e. The summed E-state index contributed by atoms with van der Waals surface area (Å²) in [5.41, 5.74) is 1.97. The number of thioether (sulfide) groups is 1. The van der Waals surface area contributed by atoms with Crippen molar-refractivity contribution in [1.29, 1.82) is 0 Å². The highest BCUT2D eigenvalue weighted by Gasteiger charge is 2.05. The molecule has 0 aliphatic heterocycles. The number of hydrogen-bond donors (Lipinski definition) is 1. The van der Waals surface area contributed by atoms with Crippen molar-refractivity contribution in [3.63, 3.8) is 0 Å². The second-order valence-corrected chi connectivity index (χ2v) is 5.01. The predicted octanol–water partition coefficient (Wildman–Crippen LogP) is 2.00. The Labute approximate surface area is 105 Å². The number of hydrogen-bond acceptors (Lipinski definition) is 5. The fraction of sp³-hybridized carbons (Fsp3) is 0.700. The number of unbranched alkanes of at least 4 members (excludes halogenated alkanes) is 1. The van der Waals surface area contributed by atoms with Crippen molar-refractivity contribution < 1.29 is 4.79 Å². The number of aromatic nitrogens is 2.